The van der Waals surface area contributed by atoms with E-state index >= 15 is 0 Å². The Morgan fingerprint density at radius 3 is 2.45 bits per heavy atom. The third-order valence-corrected chi connectivity index (χ3v) is 2.90. The molecule has 5 heteroatoms. The Hall–Kier alpha value is -2.30. The normalized spacial score (nSPS) is 10.4. The van der Waals surface area contributed by atoms with Gasteiger partial charge < -0.3 is 4.90 Å². The standard InChI is InChI=1S/C15H14F2N2O/c1-10-4-3-5-12(18-10)8-19(2)15-13(16)6-11(9-20)7-14(15)17/h3-7,9H,8H2,1-2H3. The first kappa shape index (κ1) is 14.1. The molecule has 0 spiro atoms. The zero-order valence-corrected chi connectivity index (χ0v) is 11.2. The fourth-order valence-corrected chi connectivity index (χ4v) is 2.03. The van der Waals surface area contributed by atoms with Crippen LogP contribution in [0.5, 0.6) is 0 Å². The van der Waals surface area contributed by atoms with Gasteiger partial charge in [-0.25, -0.2) is 8.78 Å². The summed E-state index contributed by atoms with van der Waals surface area (Å²) in [5.74, 6) is -1.52. The van der Waals surface area contributed by atoms with Crippen LogP contribution in [0.3, 0.4) is 0 Å². The average Bonchev–Trinajstić information content (AvgIpc) is 2.37. The summed E-state index contributed by atoms with van der Waals surface area (Å²) in [5, 5.41) is 0. The Balaban J connectivity index is 2.29. The van der Waals surface area contributed by atoms with Crippen LogP contribution in [-0.2, 0) is 6.54 Å². The minimum absolute atomic E-state index is 0.0224. The van der Waals surface area contributed by atoms with Gasteiger partial charge in [-0.1, -0.05) is 6.07 Å². The van der Waals surface area contributed by atoms with E-state index in [9.17, 15) is 13.6 Å². The third-order valence-electron chi connectivity index (χ3n) is 2.90. The maximum Gasteiger partial charge on any atom is 0.150 e. The monoisotopic (exact) mass is 276 g/mol. The van der Waals surface area contributed by atoms with Crippen molar-refractivity contribution in [1.29, 1.82) is 0 Å². The molecule has 0 aliphatic carbocycles. The van der Waals surface area contributed by atoms with Crippen LogP contribution in [0, 0.1) is 18.6 Å². The highest BCUT2D eigenvalue weighted by atomic mass is 19.1. The van der Waals surface area contributed by atoms with Gasteiger partial charge in [0.05, 0.1) is 12.2 Å². The van der Waals surface area contributed by atoms with E-state index in [0.717, 1.165) is 17.8 Å². The Morgan fingerprint density at radius 1 is 1.25 bits per heavy atom. The zero-order chi connectivity index (χ0) is 14.7. The summed E-state index contributed by atoms with van der Waals surface area (Å²) in [4.78, 5) is 16.3. The van der Waals surface area contributed by atoms with Crippen LogP contribution >= 0.6 is 0 Å². The molecule has 1 aromatic carbocycles. The number of aromatic nitrogens is 1. The molecule has 1 aromatic heterocycles. The maximum atomic E-state index is 13.9. The van der Waals surface area contributed by atoms with Gasteiger partial charge in [0.15, 0.2) is 0 Å². The van der Waals surface area contributed by atoms with Gasteiger partial charge in [-0.15, -0.1) is 0 Å². The number of anilines is 1. The molecule has 20 heavy (non-hydrogen) atoms. The van der Waals surface area contributed by atoms with Crippen LogP contribution in [0.15, 0.2) is 30.3 Å². The van der Waals surface area contributed by atoms with Gasteiger partial charge in [0.2, 0.25) is 0 Å². The van der Waals surface area contributed by atoms with Gasteiger partial charge in [0.1, 0.15) is 23.6 Å². The molecule has 0 unspecified atom stereocenters. The predicted octanol–water partition coefficient (Wildman–Crippen LogP) is 3.12. The molecule has 0 amide bonds. The Morgan fingerprint density at radius 2 is 1.90 bits per heavy atom. The molecule has 0 N–H and O–H groups in total. The minimum Gasteiger partial charge on any atom is -0.364 e. The zero-order valence-electron chi connectivity index (χ0n) is 11.2. The van der Waals surface area contributed by atoms with Crippen molar-refractivity contribution in [2.45, 2.75) is 13.5 Å². The number of aryl methyl sites for hydroxylation is 1. The number of pyridine rings is 1. The van der Waals surface area contributed by atoms with Gasteiger partial charge in [0.25, 0.3) is 0 Å². The van der Waals surface area contributed by atoms with E-state index in [1.807, 2.05) is 19.1 Å². The lowest BCUT2D eigenvalue weighted by atomic mass is 10.2. The first-order valence-electron chi connectivity index (χ1n) is 6.09. The lowest BCUT2D eigenvalue weighted by Gasteiger charge is -2.20. The van der Waals surface area contributed by atoms with Crippen LogP contribution in [-0.4, -0.2) is 18.3 Å². The highest BCUT2D eigenvalue weighted by molar-refractivity contribution is 5.76. The lowest BCUT2D eigenvalue weighted by Crippen LogP contribution is -2.20. The molecule has 0 radical (unpaired) electrons. The van der Waals surface area contributed by atoms with Crippen molar-refractivity contribution < 1.29 is 13.6 Å². The van der Waals surface area contributed by atoms with E-state index in [-0.39, 0.29) is 17.8 Å². The van der Waals surface area contributed by atoms with Crippen LogP contribution in [0.2, 0.25) is 0 Å². The summed E-state index contributed by atoms with van der Waals surface area (Å²) in [6.07, 6.45) is 0.415. The van der Waals surface area contributed by atoms with Crippen LogP contribution < -0.4 is 4.90 Å². The number of rotatable bonds is 4. The lowest BCUT2D eigenvalue weighted by molar-refractivity contribution is 0.112. The molecular weight excluding hydrogens is 262 g/mol. The summed E-state index contributed by atoms with van der Waals surface area (Å²) in [6.45, 7) is 2.12. The number of carbonyl (C=O) groups is 1. The molecule has 0 atom stereocenters. The number of nitrogens with zero attached hydrogens (tertiary/aromatic N) is 2. The number of hydrogen-bond donors (Lipinski definition) is 0. The van der Waals surface area contributed by atoms with Gasteiger partial charge in [-0.05, 0) is 31.2 Å². The SMILES string of the molecule is Cc1cccc(CN(C)c2c(F)cc(C=O)cc2F)n1. The van der Waals surface area contributed by atoms with Crippen molar-refractivity contribution in [3.05, 3.63) is 58.9 Å². The smallest absolute Gasteiger partial charge is 0.150 e. The molecule has 2 aromatic rings. The number of halogens is 2. The largest absolute Gasteiger partial charge is 0.364 e. The molecule has 0 aliphatic rings. The van der Waals surface area contributed by atoms with Crippen molar-refractivity contribution in [2.75, 3.05) is 11.9 Å². The first-order valence-corrected chi connectivity index (χ1v) is 6.09. The molecule has 0 saturated carbocycles. The van der Waals surface area contributed by atoms with E-state index in [1.165, 1.54) is 4.90 Å². The van der Waals surface area contributed by atoms with Crippen LogP contribution in [0.1, 0.15) is 21.7 Å². The van der Waals surface area contributed by atoms with Crippen molar-refractivity contribution >= 4 is 12.0 Å². The van der Waals surface area contributed by atoms with Crippen molar-refractivity contribution in [3.8, 4) is 0 Å². The molecule has 0 saturated heterocycles. The minimum atomic E-state index is -0.762. The summed E-state index contributed by atoms with van der Waals surface area (Å²) >= 11 is 0. The molecule has 1 heterocycles. The highest BCUT2D eigenvalue weighted by Gasteiger charge is 2.16. The Bertz CT molecular complexity index is 621. The third kappa shape index (κ3) is 2.99. The number of carbonyl (C=O) groups excluding carboxylic acids is 1. The number of hydrogen-bond acceptors (Lipinski definition) is 3. The summed E-state index contributed by atoms with van der Waals surface area (Å²) in [7, 11) is 1.58. The quantitative estimate of drug-likeness (QED) is 0.804. The molecule has 0 aliphatic heterocycles. The molecule has 0 bridgehead atoms. The topological polar surface area (TPSA) is 33.2 Å². The van der Waals surface area contributed by atoms with Crippen molar-refractivity contribution in [1.82, 2.24) is 4.98 Å². The van der Waals surface area contributed by atoms with E-state index in [2.05, 4.69) is 4.98 Å². The Labute approximate surface area is 115 Å². The van der Waals surface area contributed by atoms with Crippen molar-refractivity contribution in [2.24, 2.45) is 0 Å². The summed E-state index contributed by atoms with van der Waals surface area (Å²) < 4.78 is 27.7. The molecule has 3 nitrogen and oxygen atoms in total. The van der Waals surface area contributed by atoms with Crippen molar-refractivity contribution in [3.63, 3.8) is 0 Å². The summed E-state index contributed by atoms with van der Waals surface area (Å²) in [5.41, 5.74) is 1.36. The second kappa shape index (κ2) is 5.77. The van der Waals surface area contributed by atoms with E-state index in [0.29, 0.717) is 12.0 Å². The maximum absolute atomic E-state index is 13.9. The second-order valence-corrected chi connectivity index (χ2v) is 4.58. The number of aldehydes is 1. The predicted molar refractivity (Wildman–Crippen MR) is 72.8 cm³/mol. The number of benzene rings is 1. The fourth-order valence-electron chi connectivity index (χ4n) is 2.03. The molecule has 104 valence electrons. The van der Waals surface area contributed by atoms with Crippen LogP contribution in [0.4, 0.5) is 14.5 Å². The summed E-state index contributed by atoms with van der Waals surface area (Å²) in [6, 6.07) is 7.52. The molecule has 0 fully saturated rings. The van der Waals surface area contributed by atoms with Gasteiger partial charge in [-0.3, -0.25) is 9.78 Å². The van der Waals surface area contributed by atoms with Crippen LogP contribution in [0.25, 0.3) is 0 Å². The Kier molecular flexibility index (Phi) is 4.08. The van der Waals surface area contributed by atoms with E-state index in [1.54, 1.807) is 13.1 Å². The van der Waals surface area contributed by atoms with Gasteiger partial charge in [0, 0.05) is 18.3 Å². The highest BCUT2D eigenvalue weighted by Crippen LogP contribution is 2.24. The van der Waals surface area contributed by atoms with E-state index in [4.69, 9.17) is 0 Å². The van der Waals surface area contributed by atoms with Gasteiger partial charge >= 0.3 is 0 Å². The first-order chi connectivity index (χ1) is 9.51. The van der Waals surface area contributed by atoms with E-state index < -0.39 is 11.6 Å². The average molecular weight is 276 g/mol. The molecular formula is C15H14F2N2O. The van der Waals surface area contributed by atoms with Gasteiger partial charge in [-0.2, -0.15) is 0 Å². The second-order valence-electron chi connectivity index (χ2n) is 4.58. The molecule has 2 rings (SSSR count). The fraction of sp³-hybridized carbons (Fsp3) is 0.200.